The third-order valence-corrected chi connectivity index (χ3v) is 4.13. The fourth-order valence-corrected chi connectivity index (χ4v) is 2.44. The van der Waals surface area contributed by atoms with Crippen molar-refractivity contribution in [3.8, 4) is 0 Å². The third kappa shape index (κ3) is 3.17. The lowest BCUT2D eigenvalue weighted by atomic mass is 10.1. The average molecular weight is 240 g/mol. The molecule has 0 radical (unpaired) electrons. The first-order chi connectivity index (χ1) is 7.41. The first-order valence-corrected chi connectivity index (χ1v) is 6.46. The van der Waals surface area contributed by atoms with E-state index in [1.54, 1.807) is 0 Å². The SMILES string of the molecule is Cc1ccc(C)c(C[S@@](=O)[C@@H](C)C(=O)O)c1. The number of carbonyl (C=O) groups is 1. The van der Waals surface area contributed by atoms with Crippen molar-refractivity contribution in [2.24, 2.45) is 0 Å². The van der Waals surface area contributed by atoms with E-state index in [1.165, 1.54) is 6.92 Å². The molecule has 0 aliphatic rings. The van der Waals surface area contributed by atoms with Gasteiger partial charge in [-0.2, -0.15) is 0 Å². The Morgan fingerprint density at radius 1 is 1.44 bits per heavy atom. The van der Waals surface area contributed by atoms with Gasteiger partial charge in [-0.25, -0.2) is 0 Å². The van der Waals surface area contributed by atoms with E-state index in [1.807, 2.05) is 32.0 Å². The van der Waals surface area contributed by atoms with Crippen molar-refractivity contribution >= 4 is 16.8 Å². The molecular formula is C12H16O3S. The number of carboxylic acids is 1. The molecule has 1 rings (SSSR count). The van der Waals surface area contributed by atoms with Gasteiger partial charge < -0.3 is 5.11 Å². The van der Waals surface area contributed by atoms with Crippen molar-refractivity contribution in [3.63, 3.8) is 0 Å². The first-order valence-electron chi connectivity index (χ1n) is 5.08. The Morgan fingerprint density at radius 2 is 2.06 bits per heavy atom. The zero-order valence-corrected chi connectivity index (χ0v) is 10.5. The Balaban J connectivity index is 2.84. The summed E-state index contributed by atoms with van der Waals surface area (Å²) in [5.74, 6) is -0.704. The van der Waals surface area contributed by atoms with Crippen LogP contribution in [0.25, 0.3) is 0 Å². The minimum Gasteiger partial charge on any atom is -0.480 e. The van der Waals surface area contributed by atoms with Gasteiger partial charge in [0.05, 0.1) is 0 Å². The van der Waals surface area contributed by atoms with E-state index in [4.69, 9.17) is 5.11 Å². The summed E-state index contributed by atoms with van der Waals surface area (Å²) in [6.07, 6.45) is 0. The second-order valence-electron chi connectivity index (χ2n) is 3.94. The Labute approximate surface area is 98.0 Å². The largest absolute Gasteiger partial charge is 0.480 e. The monoisotopic (exact) mass is 240 g/mol. The van der Waals surface area contributed by atoms with E-state index in [2.05, 4.69) is 0 Å². The van der Waals surface area contributed by atoms with Gasteiger partial charge in [0.15, 0.2) is 0 Å². The third-order valence-electron chi connectivity index (χ3n) is 2.54. The highest BCUT2D eigenvalue weighted by molar-refractivity contribution is 7.85. The normalized spacial score (nSPS) is 14.4. The number of aryl methyl sites for hydroxylation is 2. The van der Waals surface area contributed by atoms with Crippen LogP contribution in [0, 0.1) is 13.8 Å². The lowest BCUT2D eigenvalue weighted by Crippen LogP contribution is -2.23. The van der Waals surface area contributed by atoms with Crippen LogP contribution in [-0.4, -0.2) is 20.5 Å². The molecule has 16 heavy (non-hydrogen) atoms. The smallest absolute Gasteiger partial charge is 0.318 e. The maximum absolute atomic E-state index is 11.7. The number of hydrogen-bond acceptors (Lipinski definition) is 2. The Kier molecular flexibility index (Phi) is 4.24. The topological polar surface area (TPSA) is 54.4 Å². The minimum absolute atomic E-state index is 0.307. The van der Waals surface area contributed by atoms with Crippen LogP contribution in [0.3, 0.4) is 0 Å². The molecule has 2 atom stereocenters. The number of aliphatic carboxylic acids is 1. The quantitative estimate of drug-likeness (QED) is 0.876. The molecule has 0 saturated carbocycles. The maximum Gasteiger partial charge on any atom is 0.318 e. The second-order valence-corrected chi connectivity index (χ2v) is 5.69. The Morgan fingerprint density at radius 3 is 2.62 bits per heavy atom. The molecule has 0 aliphatic carbocycles. The van der Waals surface area contributed by atoms with E-state index in [9.17, 15) is 9.00 Å². The summed E-state index contributed by atoms with van der Waals surface area (Å²) in [6, 6.07) is 5.91. The molecule has 1 N–H and O–H groups in total. The van der Waals surface area contributed by atoms with Crippen molar-refractivity contribution in [1.29, 1.82) is 0 Å². The van der Waals surface area contributed by atoms with Gasteiger partial charge in [0.2, 0.25) is 0 Å². The summed E-state index contributed by atoms with van der Waals surface area (Å²) in [5.41, 5.74) is 3.11. The number of benzene rings is 1. The van der Waals surface area contributed by atoms with Crippen LogP contribution >= 0.6 is 0 Å². The van der Waals surface area contributed by atoms with Crippen LogP contribution in [0.15, 0.2) is 18.2 Å². The van der Waals surface area contributed by atoms with E-state index in [0.717, 1.165) is 16.7 Å². The van der Waals surface area contributed by atoms with E-state index in [-0.39, 0.29) is 0 Å². The molecule has 0 bridgehead atoms. The molecule has 1 aromatic rings. The predicted octanol–water partition coefficient (Wildman–Crippen LogP) is 2.03. The molecule has 0 amide bonds. The molecule has 1 aromatic carbocycles. The standard InChI is InChI=1S/C12H16O3S/c1-8-4-5-9(2)11(6-8)7-16(15)10(3)12(13)14/h4-6,10H,7H2,1-3H3,(H,13,14)/t10-,16+/m0/s1. The lowest BCUT2D eigenvalue weighted by molar-refractivity contribution is -0.136. The van der Waals surface area contributed by atoms with Gasteiger partial charge in [-0.1, -0.05) is 23.8 Å². The predicted molar refractivity (Wildman–Crippen MR) is 64.9 cm³/mol. The molecule has 0 fully saturated rings. The number of rotatable bonds is 4. The summed E-state index contributed by atoms with van der Waals surface area (Å²) >= 11 is 0. The molecule has 0 aromatic heterocycles. The van der Waals surface area contributed by atoms with E-state index >= 15 is 0 Å². The van der Waals surface area contributed by atoms with Crippen LogP contribution in [0.1, 0.15) is 23.6 Å². The van der Waals surface area contributed by atoms with Crippen LogP contribution < -0.4 is 0 Å². The summed E-state index contributed by atoms with van der Waals surface area (Å²) in [6.45, 7) is 5.38. The summed E-state index contributed by atoms with van der Waals surface area (Å²) in [5, 5.41) is 7.94. The van der Waals surface area contributed by atoms with Gasteiger partial charge in [0, 0.05) is 16.6 Å². The highest BCUT2D eigenvalue weighted by atomic mass is 32.2. The number of carboxylic acid groups (broad SMARTS) is 1. The van der Waals surface area contributed by atoms with Gasteiger partial charge in [-0.15, -0.1) is 0 Å². The molecule has 0 aliphatic heterocycles. The molecule has 88 valence electrons. The fourth-order valence-electron chi connectivity index (χ4n) is 1.35. The van der Waals surface area contributed by atoms with Gasteiger partial charge in [0.25, 0.3) is 0 Å². The van der Waals surface area contributed by atoms with E-state index < -0.39 is 22.0 Å². The maximum atomic E-state index is 11.7. The van der Waals surface area contributed by atoms with E-state index in [0.29, 0.717) is 5.75 Å². The molecule has 0 unspecified atom stereocenters. The number of hydrogen-bond donors (Lipinski definition) is 1. The van der Waals surface area contributed by atoms with Crippen LogP contribution in [-0.2, 0) is 21.3 Å². The molecule has 4 heteroatoms. The molecule has 0 spiro atoms. The van der Waals surface area contributed by atoms with Crippen molar-refractivity contribution < 1.29 is 14.1 Å². The summed E-state index contributed by atoms with van der Waals surface area (Å²) in [7, 11) is -1.36. The summed E-state index contributed by atoms with van der Waals surface area (Å²) in [4.78, 5) is 10.7. The second kappa shape index (κ2) is 5.25. The van der Waals surface area contributed by atoms with Crippen LogP contribution in [0.2, 0.25) is 0 Å². The molecule has 0 heterocycles. The Hall–Kier alpha value is -1.16. The zero-order valence-electron chi connectivity index (χ0n) is 9.69. The average Bonchev–Trinajstić information content (AvgIpc) is 2.22. The van der Waals surface area contributed by atoms with Gasteiger partial charge in [-0.3, -0.25) is 9.00 Å². The van der Waals surface area contributed by atoms with Crippen LogP contribution in [0.5, 0.6) is 0 Å². The van der Waals surface area contributed by atoms with Crippen LogP contribution in [0.4, 0.5) is 0 Å². The van der Waals surface area contributed by atoms with Gasteiger partial charge >= 0.3 is 5.97 Å². The highest BCUT2D eigenvalue weighted by Crippen LogP contribution is 2.14. The summed E-state index contributed by atoms with van der Waals surface area (Å²) < 4.78 is 11.7. The Bertz CT molecular complexity index is 426. The lowest BCUT2D eigenvalue weighted by Gasteiger charge is -2.09. The molecule has 0 saturated heterocycles. The minimum atomic E-state index is -1.36. The highest BCUT2D eigenvalue weighted by Gasteiger charge is 2.19. The molecular weight excluding hydrogens is 224 g/mol. The van der Waals surface area contributed by atoms with Crippen molar-refractivity contribution in [2.75, 3.05) is 0 Å². The van der Waals surface area contributed by atoms with Gasteiger partial charge in [-0.05, 0) is 31.9 Å². The van der Waals surface area contributed by atoms with Crippen molar-refractivity contribution in [1.82, 2.24) is 0 Å². The molecule has 3 nitrogen and oxygen atoms in total. The van der Waals surface area contributed by atoms with Gasteiger partial charge in [0.1, 0.15) is 5.25 Å². The fraction of sp³-hybridized carbons (Fsp3) is 0.417. The zero-order chi connectivity index (χ0) is 12.3. The van der Waals surface area contributed by atoms with Crippen molar-refractivity contribution in [3.05, 3.63) is 34.9 Å². The first kappa shape index (κ1) is 12.9. The van der Waals surface area contributed by atoms with Crippen molar-refractivity contribution in [2.45, 2.75) is 31.8 Å².